The molecule has 1 amide bonds. The molecule has 2 aliphatic heterocycles. The second kappa shape index (κ2) is 5.47. The zero-order chi connectivity index (χ0) is 13.2. The Hall–Kier alpha value is -0.780. The van der Waals surface area contributed by atoms with Gasteiger partial charge in [0.05, 0.1) is 6.42 Å². The van der Waals surface area contributed by atoms with Gasteiger partial charge in [-0.2, -0.15) is 13.2 Å². The Morgan fingerprint density at radius 2 is 2.06 bits per heavy atom. The van der Waals surface area contributed by atoms with E-state index in [1.807, 2.05) is 0 Å². The number of nitrogens with zero attached hydrogens (tertiary/aromatic N) is 1. The van der Waals surface area contributed by atoms with Crippen LogP contribution in [-0.4, -0.2) is 42.2 Å². The van der Waals surface area contributed by atoms with Gasteiger partial charge in [-0.1, -0.05) is 0 Å². The van der Waals surface area contributed by atoms with Crippen molar-refractivity contribution in [2.45, 2.75) is 56.8 Å². The average molecular weight is 264 g/mol. The predicted octanol–water partition coefficient (Wildman–Crippen LogP) is 2.07. The number of carbonyl (C=O) groups excluding carboxylic acids is 1. The molecule has 2 saturated heterocycles. The molecule has 3 nitrogen and oxygen atoms in total. The SMILES string of the molecule is O=C(CCC(F)(F)F)N1CCCC1C1CCCN1. The number of alkyl halides is 3. The molecule has 104 valence electrons. The number of hydrogen-bond acceptors (Lipinski definition) is 2. The summed E-state index contributed by atoms with van der Waals surface area (Å²) in [4.78, 5) is 13.5. The highest BCUT2D eigenvalue weighted by atomic mass is 19.4. The van der Waals surface area contributed by atoms with Crippen LogP contribution in [0.2, 0.25) is 0 Å². The van der Waals surface area contributed by atoms with Gasteiger partial charge in [0.2, 0.25) is 5.91 Å². The number of hydrogen-bond donors (Lipinski definition) is 1. The number of rotatable bonds is 3. The van der Waals surface area contributed by atoms with Crippen molar-refractivity contribution in [1.82, 2.24) is 10.2 Å². The van der Waals surface area contributed by atoms with Gasteiger partial charge in [-0.3, -0.25) is 4.79 Å². The molecule has 6 heteroatoms. The number of amides is 1. The lowest BCUT2D eigenvalue weighted by molar-refractivity contribution is -0.149. The molecule has 2 atom stereocenters. The molecular weight excluding hydrogens is 245 g/mol. The monoisotopic (exact) mass is 264 g/mol. The van der Waals surface area contributed by atoms with Crippen LogP contribution in [0.25, 0.3) is 0 Å². The minimum atomic E-state index is -4.24. The molecule has 0 aromatic carbocycles. The highest BCUT2D eigenvalue weighted by molar-refractivity contribution is 5.77. The Morgan fingerprint density at radius 1 is 1.28 bits per heavy atom. The molecule has 2 rings (SSSR count). The van der Waals surface area contributed by atoms with E-state index in [2.05, 4.69) is 5.32 Å². The van der Waals surface area contributed by atoms with E-state index in [-0.39, 0.29) is 18.0 Å². The Bertz CT molecular complexity index is 300. The highest BCUT2D eigenvalue weighted by Crippen LogP contribution is 2.27. The van der Waals surface area contributed by atoms with E-state index in [9.17, 15) is 18.0 Å². The molecule has 0 aromatic heterocycles. The smallest absolute Gasteiger partial charge is 0.338 e. The van der Waals surface area contributed by atoms with Crippen LogP contribution in [0.15, 0.2) is 0 Å². The molecule has 0 aromatic rings. The van der Waals surface area contributed by atoms with Crippen molar-refractivity contribution in [1.29, 1.82) is 0 Å². The normalized spacial score (nSPS) is 28.9. The lowest BCUT2D eigenvalue weighted by Crippen LogP contribution is -2.46. The molecule has 0 aliphatic carbocycles. The molecule has 2 unspecified atom stereocenters. The van der Waals surface area contributed by atoms with Crippen molar-refractivity contribution >= 4 is 5.91 Å². The summed E-state index contributed by atoms with van der Waals surface area (Å²) in [6.07, 6.45) is -1.73. The molecule has 0 bridgehead atoms. The minimum absolute atomic E-state index is 0.105. The standard InChI is InChI=1S/C12H19F3N2O/c13-12(14,15)6-5-11(18)17-8-2-4-10(17)9-3-1-7-16-9/h9-10,16H,1-8H2. The van der Waals surface area contributed by atoms with Crippen LogP contribution >= 0.6 is 0 Å². The summed E-state index contributed by atoms with van der Waals surface area (Å²) in [5, 5.41) is 3.34. The maximum atomic E-state index is 12.1. The van der Waals surface area contributed by atoms with Gasteiger partial charge in [0.1, 0.15) is 0 Å². The van der Waals surface area contributed by atoms with Gasteiger partial charge in [-0.15, -0.1) is 0 Å². The first-order valence-corrected chi connectivity index (χ1v) is 6.57. The van der Waals surface area contributed by atoms with Gasteiger partial charge in [-0.05, 0) is 32.2 Å². The summed E-state index contributed by atoms with van der Waals surface area (Å²) in [6.45, 7) is 1.56. The summed E-state index contributed by atoms with van der Waals surface area (Å²) in [6, 6.07) is 0.385. The summed E-state index contributed by atoms with van der Waals surface area (Å²) >= 11 is 0. The minimum Gasteiger partial charge on any atom is -0.338 e. The van der Waals surface area contributed by atoms with Crippen molar-refractivity contribution in [2.75, 3.05) is 13.1 Å². The molecule has 2 heterocycles. The van der Waals surface area contributed by atoms with Crippen LogP contribution in [0.5, 0.6) is 0 Å². The number of nitrogens with one attached hydrogen (secondary N) is 1. The lowest BCUT2D eigenvalue weighted by atomic mass is 10.0. The van der Waals surface area contributed by atoms with Gasteiger partial charge < -0.3 is 10.2 Å². The summed E-state index contributed by atoms with van der Waals surface area (Å²) in [7, 11) is 0. The maximum Gasteiger partial charge on any atom is 0.389 e. The number of carbonyl (C=O) groups is 1. The average Bonchev–Trinajstić information content (AvgIpc) is 2.94. The quantitative estimate of drug-likeness (QED) is 0.846. The molecule has 18 heavy (non-hydrogen) atoms. The molecule has 2 fully saturated rings. The van der Waals surface area contributed by atoms with E-state index in [0.29, 0.717) is 6.54 Å². The van der Waals surface area contributed by atoms with Crippen LogP contribution in [0, 0.1) is 0 Å². The van der Waals surface area contributed by atoms with E-state index in [1.165, 1.54) is 0 Å². The predicted molar refractivity (Wildman–Crippen MR) is 61.0 cm³/mol. The third-order valence-corrected chi connectivity index (χ3v) is 3.80. The number of halogens is 3. The summed E-state index contributed by atoms with van der Waals surface area (Å²) in [5.74, 6) is -0.344. The number of likely N-dealkylation sites (tertiary alicyclic amines) is 1. The van der Waals surface area contributed by atoms with Crippen molar-refractivity contribution in [2.24, 2.45) is 0 Å². The Morgan fingerprint density at radius 3 is 2.67 bits per heavy atom. The second-order valence-corrected chi connectivity index (χ2v) is 5.11. The first kappa shape index (κ1) is 13.6. The largest absolute Gasteiger partial charge is 0.389 e. The van der Waals surface area contributed by atoms with E-state index < -0.39 is 19.0 Å². The van der Waals surface area contributed by atoms with Gasteiger partial charge in [0.25, 0.3) is 0 Å². The fourth-order valence-corrected chi connectivity index (χ4v) is 2.95. The highest BCUT2D eigenvalue weighted by Gasteiger charge is 2.37. The van der Waals surface area contributed by atoms with Gasteiger partial charge in [-0.25, -0.2) is 0 Å². The van der Waals surface area contributed by atoms with Crippen LogP contribution in [0.3, 0.4) is 0 Å². The maximum absolute atomic E-state index is 12.1. The van der Waals surface area contributed by atoms with Crippen molar-refractivity contribution in [3.8, 4) is 0 Å². The molecule has 1 N–H and O–H groups in total. The molecule has 0 saturated carbocycles. The first-order chi connectivity index (χ1) is 8.47. The van der Waals surface area contributed by atoms with E-state index in [0.717, 1.165) is 32.2 Å². The molecule has 0 radical (unpaired) electrons. The van der Waals surface area contributed by atoms with Crippen molar-refractivity contribution in [3.05, 3.63) is 0 Å². The second-order valence-electron chi connectivity index (χ2n) is 5.11. The summed E-state index contributed by atoms with van der Waals surface area (Å²) < 4.78 is 36.4. The van der Waals surface area contributed by atoms with Gasteiger partial charge >= 0.3 is 6.18 Å². The topological polar surface area (TPSA) is 32.3 Å². The third kappa shape index (κ3) is 3.37. The van der Waals surface area contributed by atoms with Crippen LogP contribution in [0.4, 0.5) is 13.2 Å². The Kier molecular flexibility index (Phi) is 4.14. The van der Waals surface area contributed by atoms with E-state index >= 15 is 0 Å². The fraction of sp³-hybridized carbons (Fsp3) is 0.917. The van der Waals surface area contributed by atoms with Crippen LogP contribution in [0.1, 0.15) is 38.5 Å². The van der Waals surface area contributed by atoms with E-state index in [4.69, 9.17) is 0 Å². The third-order valence-electron chi connectivity index (χ3n) is 3.80. The van der Waals surface area contributed by atoms with Crippen LogP contribution < -0.4 is 5.32 Å². The van der Waals surface area contributed by atoms with E-state index in [1.54, 1.807) is 4.90 Å². The van der Waals surface area contributed by atoms with Crippen molar-refractivity contribution in [3.63, 3.8) is 0 Å². The molecule has 2 aliphatic rings. The Labute approximate surface area is 105 Å². The van der Waals surface area contributed by atoms with Crippen LogP contribution in [-0.2, 0) is 4.79 Å². The lowest BCUT2D eigenvalue weighted by Gasteiger charge is -2.29. The fourth-order valence-electron chi connectivity index (χ4n) is 2.95. The zero-order valence-corrected chi connectivity index (χ0v) is 10.3. The zero-order valence-electron chi connectivity index (χ0n) is 10.3. The van der Waals surface area contributed by atoms with Gasteiger partial charge in [0.15, 0.2) is 0 Å². The van der Waals surface area contributed by atoms with Crippen molar-refractivity contribution < 1.29 is 18.0 Å². The first-order valence-electron chi connectivity index (χ1n) is 6.57. The molecule has 0 spiro atoms. The Balaban J connectivity index is 1.88. The van der Waals surface area contributed by atoms with Gasteiger partial charge in [0, 0.05) is 25.0 Å². The molecular formula is C12H19F3N2O. The summed E-state index contributed by atoms with van der Waals surface area (Å²) in [5.41, 5.74) is 0.